The zero-order valence-corrected chi connectivity index (χ0v) is 13.5. The molecule has 0 spiro atoms. The molecule has 0 unspecified atom stereocenters. The number of hydrogen-bond donors (Lipinski definition) is 1. The summed E-state index contributed by atoms with van der Waals surface area (Å²) in [5.74, 6) is -0.729. The highest BCUT2D eigenvalue weighted by molar-refractivity contribution is 6.07. The van der Waals surface area contributed by atoms with Crippen molar-refractivity contribution in [2.75, 3.05) is 0 Å². The lowest BCUT2D eigenvalue weighted by atomic mass is 9.95. The van der Waals surface area contributed by atoms with E-state index in [0.29, 0.717) is 11.1 Å². The maximum Gasteiger partial charge on any atom is 0.325 e. The van der Waals surface area contributed by atoms with Crippen LogP contribution in [0.5, 0.6) is 0 Å². The molecule has 9 heteroatoms. The summed E-state index contributed by atoms with van der Waals surface area (Å²) in [4.78, 5) is 30.3. The van der Waals surface area contributed by atoms with Crippen molar-refractivity contribution in [1.29, 1.82) is 0 Å². The van der Waals surface area contributed by atoms with Gasteiger partial charge >= 0.3 is 6.03 Å². The fraction of sp³-hybridized carbons (Fsp3) is 0.250. The number of rotatable bonds is 3. The number of carbonyl (C=O) groups is 2. The van der Waals surface area contributed by atoms with Gasteiger partial charge < -0.3 is 9.73 Å². The Kier molecular flexibility index (Phi) is 3.14. The molecule has 4 rings (SSSR count). The zero-order valence-electron chi connectivity index (χ0n) is 13.5. The topological polar surface area (TPSA) is 93.3 Å². The normalized spacial score (nSPS) is 20.5. The van der Waals surface area contributed by atoms with Gasteiger partial charge in [-0.25, -0.2) is 14.2 Å². The molecule has 25 heavy (non-hydrogen) atoms. The van der Waals surface area contributed by atoms with Gasteiger partial charge in [0, 0.05) is 24.9 Å². The van der Waals surface area contributed by atoms with Gasteiger partial charge in [-0.1, -0.05) is 0 Å². The van der Waals surface area contributed by atoms with Crippen molar-refractivity contribution < 1.29 is 18.4 Å². The summed E-state index contributed by atoms with van der Waals surface area (Å²) in [6, 6.07) is 3.40. The lowest BCUT2D eigenvalue weighted by Gasteiger charge is -2.19. The number of carbonyl (C=O) groups excluding carboxylic acids is 2. The largest absolute Gasteiger partial charge is 0.439 e. The van der Waals surface area contributed by atoms with Crippen LogP contribution in [-0.2, 0) is 23.9 Å². The number of imide groups is 1. The van der Waals surface area contributed by atoms with E-state index in [1.807, 2.05) is 0 Å². The van der Waals surface area contributed by atoms with Crippen LogP contribution in [-0.4, -0.2) is 31.6 Å². The minimum absolute atomic E-state index is 0.142. The van der Waals surface area contributed by atoms with Gasteiger partial charge in [-0.05, 0) is 19.1 Å². The van der Waals surface area contributed by atoms with Crippen LogP contribution in [0.1, 0.15) is 18.4 Å². The lowest BCUT2D eigenvalue weighted by Crippen LogP contribution is -2.40. The second-order valence-electron chi connectivity index (χ2n) is 6.07. The second-order valence-corrected chi connectivity index (χ2v) is 6.07. The molecule has 0 aliphatic carbocycles. The molecule has 1 saturated heterocycles. The molecule has 1 fully saturated rings. The van der Waals surface area contributed by atoms with Gasteiger partial charge in [0.25, 0.3) is 5.91 Å². The minimum atomic E-state index is -1.20. The summed E-state index contributed by atoms with van der Waals surface area (Å²) >= 11 is 0. The molecule has 0 radical (unpaired) electrons. The van der Waals surface area contributed by atoms with Gasteiger partial charge in [-0.2, -0.15) is 5.10 Å². The average molecular weight is 343 g/mol. The minimum Gasteiger partial charge on any atom is -0.439 e. The van der Waals surface area contributed by atoms with Crippen molar-refractivity contribution in [1.82, 2.24) is 25.0 Å². The van der Waals surface area contributed by atoms with Crippen molar-refractivity contribution >= 4 is 23.0 Å². The third kappa shape index (κ3) is 2.35. The molecule has 128 valence electrons. The van der Waals surface area contributed by atoms with Gasteiger partial charge in [0.1, 0.15) is 23.4 Å². The zero-order chi connectivity index (χ0) is 17.8. The van der Waals surface area contributed by atoms with Crippen LogP contribution in [0.3, 0.4) is 0 Å². The number of benzene rings is 1. The predicted molar refractivity (Wildman–Crippen MR) is 83.6 cm³/mol. The Hall–Kier alpha value is -3.23. The fourth-order valence-corrected chi connectivity index (χ4v) is 2.86. The van der Waals surface area contributed by atoms with E-state index in [1.54, 1.807) is 24.9 Å². The number of oxazole rings is 1. The van der Waals surface area contributed by atoms with Gasteiger partial charge in [0.15, 0.2) is 5.58 Å². The first-order chi connectivity index (χ1) is 11.9. The summed E-state index contributed by atoms with van der Waals surface area (Å²) in [5.41, 5.74) is 0.0924. The molecular formula is C16H14FN5O3. The van der Waals surface area contributed by atoms with Crippen molar-refractivity contribution in [2.24, 2.45) is 7.05 Å². The smallest absolute Gasteiger partial charge is 0.325 e. The summed E-state index contributed by atoms with van der Waals surface area (Å²) in [6.07, 6.45) is 3.20. The number of aromatic nitrogens is 3. The Balaban J connectivity index is 1.63. The van der Waals surface area contributed by atoms with Crippen LogP contribution in [0.25, 0.3) is 11.1 Å². The molecule has 2 aromatic heterocycles. The van der Waals surface area contributed by atoms with Crippen molar-refractivity contribution in [3.63, 3.8) is 0 Å². The number of nitrogens with one attached hydrogen (secondary N) is 1. The Morgan fingerprint density at radius 2 is 2.16 bits per heavy atom. The average Bonchev–Trinajstić information content (AvgIpc) is 3.21. The maximum atomic E-state index is 13.2. The van der Waals surface area contributed by atoms with Gasteiger partial charge in [0.2, 0.25) is 5.89 Å². The van der Waals surface area contributed by atoms with E-state index in [0.717, 1.165) is 4.90 Å². The molecule has 1 aliphatic heterocycles. The molecule has 3 heterocycles. The molecule has 8 nitrogen and oxygen atoms in total. The number of fused-ring (bicyclic) bond motifs is 1. The van der Waals surface area contributed by atoms with Crippen molar-refractivity contribution in [2.45, 2.75) is 19.0 Å². The molecule has 0 saturated carbocycles. The highest BCUT2D eigenvalue weighted by Gasteiger charge is 2.50. The summed E-state index contributed by atoms with van der Waals surface area (Å²) in [5, 5.41) is 6.72. The maximum absolute atomic E-state index is 13.2. The molecule has 3 aromatic rings. The molecule has 0 bridgehead atoms. The van der Waals surface area contributed by atoms with E-state index in [1.165, 1.54) is 24.4 Å². The predicted octanol–water partition coefficient (Wildman–Crippen LogP) is 1.67. The standard InChI is InChI=1S/C16H14FN5O3/c1-16(9-6-18-21(2)7-9)14(23)22(15(24)20-16)8-13-19-11-4-3-10(17)5-12(11)25-13/h3-7H,8H2,1-2H3,(H,20,24)/t16-/m1/s1. The second kappa shape index (κ2) is 5.13. The molecule has 1 aliphatic rings. The molecule has 1 atom stereocenters. The summed E-state index contributed by atoms with van der Waals surface area (Å²) < 4.78 is 20.2. The van der Waals surface area contributed by atoms with Crippen molar-refractivity contribution in [3.8, 4) is 0 Å². The lowest BCUT2D eigenvalue weighted by molar-refractivity contribution is -0.131. The first kappa shape index (κ1) is 15.3. The Morgan fingerprint density at radius 1 is 1.36 bits per heavy atom. The number of urea groups is 1. The van der Waals surface area contributed by atoms with Gasteiger partial charge in [-0.3, -0.25) is 14.4 Å². The number of halogens is 1. The Morgan fingerprint density at radius 3 is 2.88 bits per heavy atom. The van der Waals surface area contributed by atoms with Crippen LogP contribution < -0.4 is 5.32 Å². The Labute approximate surface area is 141 Å². The third-order valence-corrected chi connectivity index (χ3v) is 4.25. The van der Waals surface area contributed by atoms with Crippen LogP contribution in [0.15, 0.2) is 35.0 Å². The SMILES string of the molecule is Cn1cc([C@@]2(C)NC(=O)N(Cc3nc4ccc(F)cc4o3)C2=O)cn1. The van der Waals surface area contributed by atoms with E-state index in [4.69, 9.17) is 4.42 Å². The number of aryl methyl sites for hydroxylation is 1. The molecule has 1 aromatic carbocycles. The van der Waals surface area contributed by atoms with Crippen LogP contribution in [0, 0.1) is 5.82 Å². The number of amides is 3. The van der Waals surface area contributed by atoms with E-state index in [-0.39, 0.29) is 18.0 Å². The van der Waals surface area contributed by atoms with E-state index in [9.17, 15) is 14.0 Å². The first-order valence-electron chi connectivity index (χ1n) is 7.55. The quantitative estimate of drug-likeness (QED) is 0.730. The van der Waals surface area contributed by atoms with E-state index in [2.05, 4.69) is 15.4 Å². The van der Waals surface area contributed by atoms with E-state index >= 15 is 0 Å². The van der Waals surface area contributed by atoms with Gasteiger partial charge in [0.05, 0.1) is 6.20 Å². The molecule has 1 N–H and O–H groups in total. The van der Waals surface area contributed by atoms with Crippen molar-refractivity contribution in [3.05, 3.63) is 47.9 Å². The molecular weight excluding hydrogens is 329 g/mol. The highest BCUT2D eigenvalue weighted by atomic mass is 19.1. The first-order valence-corrected chi connectivity index (χ1v) is 7.55. The number of nitrogens with zero attached hydrogens (tertiary/aromatic N) is 4. The Bertz CT molecular complexity index is 1010. The summed E-state index contributed by atoms with van der Waals surface area (Å²) in [7, 11) is 1.73. The van der Waals surface area contributed by atoms with Crippen LogP contribution >= 0.6 is 0 Å². The highest BCUT2D eigenvalue weighted by Crippen LogP contribution is 2.29. The summed E-state index contributed by atoms with van der Waals surface area (Å²) in [6.45, 7) is 1.47. The van der Waals surface area contributed by atoms with E-state index < -0.39 is 23.3 Å². The monoisotopic (exact) mass is 343 g/mol. The van der Waals surface area contributed by atoms with Crippen LogP contribution in [0.4, 0.5) is 9.18 Å². The molecule has 3 amide bonds. The van der Waals surface area contributed by atoms with Crippen LogP contribution in [0.2, 0.25) is 0 Å². The third-order valence-electron chi connectivity index (χ3n) is 4.25. The number of hydrogen-bond acceptors (Lipinski definition) is 5. The van der Waals surface area contributed by atoms with Gasteiger partial charge in [-0.15, -0.1) is 0 Å². The fourth-order valence-electron chi connectivity index (χ4n) is 2.86.